The predicted octanol–water partition coefficient (Wildman–Crippen LogP) is -0.0470. The number of aromatic nitrogens is 1. The van der Waals surface area contributed by atoms with E-state index in [1.165, 1.54) is 0 Å². The summed E-state index contributed by atoms with van der Waals surface area (Å²) in [5.74, 6) is -0.179. The van der Waals surface area contributed by atoms with E-state index in [-0.39, 0.29) is 5.91 Å². The Bertz CT molecular complexity index is 330. The Labute approximate surface area is 75.7 Å². The fourth-order valence-corrected chi connectivity index (χ4v) is 1.07. The number of carbonyl (C=O) groups is 2. The summed E-state index contributed by atoms with van der Waals surface area (Å²) in [6, 6.07) is 1.60. The smallest absolute Gasteiger partial charge is 0.267 e. The van der Waals surface area contributed by atoms with Crippen LogP contribution < -0.4 is 10.6 Å². The van der Waals surface area contributed by atoms with Crippen molar-refractivity contribution >= 4 is 18.0 Å². The molecule has 0 saturated carbocycles. The molecule has 0 bridgehead atoms. The van der Waals surface area contributed by atoms with Gasteiger partial charge in [0.25, 0.3) is 5.91 Å². The summed E-state index contributed by atoms with van der Waals surface area (Å²) in [7, 11) is 3.29. The number of hydrogen-bond acceptors (Lipinski definition) is 2. The van der Waals surface area contributed by atoms with Crippen molar-refractivity contribution in [3.8, 4) is 0 Å². The van der Waals surface area contributed by atoms with Crippen molar-refractivity contribution in [3.05, 3.63) is 18.0 Å². The minimum atomic E-state index is -0.179. The van der Waals surface area contributed by atoms with Crippen molar-refractivity contribution in [1.29, 1.82) is 0 Å². The predicted molar refractivity (Wildman–Crippen MR) is 48.5 cm³/mol. The van der Waals surface area contributed by atoms with Crippen LogP contribution in [0.25, 0.3) is 0 Å². The van der Waals surface area contributed by atoms with Crippen molar-refractivity contribution in [2.75, 3.05) is 12.4 Å². The zero-order chi connectivity index (χ0) is 9.84. The molecule has 0 fully saturated rings. The van der Waals surface area contributed by atoms with Crippen LogP contribution in [-0.2, 0) is 11.8 Å². The van der Waals surface area contributed by atoms with Gasteiger partial charge in [0.1, 0.15) is 5.69 Å². The quantitative estimate of drug-likeness (QED) is 0.642. The van der Waals surface area contributed by atoms with Gasteiger partial charge in [-0.25, -0.2) is 0 Å². The third-order valence-corrected chi connectivity index (χ3v) is 1.69. The van der Waals surface area contributed by atoms with E-state index in [0.717, 1.165) is 0 Å². The number of nitrogens with one attached hydrogen (secondary N) is 2. The molecule has 0 spiro atoms. The first kappa shape index (κ1) is 9.31. The summed E-state index contributed by atoms with van der Waals surface area (Å²) >= 11 is 0. The second kappa shape index (κ2) is 3.75. The van der Waals surface area contributed by atoms with Gasteiger partial charge in [-0.3, -0.25) is 9.59 Å². The first-order valence-corrected chi connectivity index (χ1v) is 3.77. The fraction of sp³-hybridized carbons (Fsp3) is 0.250. The maximum atomic E-state index is 11.2. The molecule has 2 amide bonds. The SMILES string of the molecule is CNC(=O)c1cc(NC=O)cn1C. The number of aryl methyl sites for hydroxylation is 1. The molecule has 70 valence electrons. The van der Waals surface area contributed by atoms with Crippen LogP contribution in [0, 0.1) is 0 Å². The van der Waals surface area contributed by atoms with Gasteiger partial charge in [-0.2, -0.15) is 0 Å². The lowest BCUT2D eigenvalue weighted by atomic mass is 10.4. The lowest BCUT2D eigenvalue weighted by molar-refractivity contribution is -0.105. The molecule has 2 N–H and O–H groups in total. The van der Waals surface area contributed by atoms with E-state index in [1.54, 1.807) is 30.9 Å². The van der Waals surface area contributed by atoms with Gasteiger partial charge in [-0.15, -0.1) is 0 Å². The first-order chi connectivity index (χ1) is 6.19. The lowest BCUT2D eigenvalue weighted by Gasteiger charge is -1.98. The van der Waals surface area contributed by atoms with Gasteiger partial charge in [0, 0.05) is 20.3 Å². The van der Waals surface area contributed by atoms with E-state index in [1.807, 2.05) is 0 Å². The highest BCUT2D eigenvalue weighted by atomic mass is 16.2. The molecule has 0 radical (unpaired) electrons. The van der Waals surface area contributed by atoms with Gasteiger partial charge >= 0.3 is 0 Å². The van der Waals surface area contributed by atoms with Crippen LogP contribution >= 0.6 is 0 Å². The van der Waals surface area contributed by atoms with Crippen molar-refractivity contribution in [3.63, 3.8) is 0 Å². The van der Waals surface area contributed by atoms with Crippen LogP contribution in [0.15, 0.2) is 12.3 Å². The molecule has 1 aromatic rings. The Morgan fingerprint density at radius 1 is 1.62 bits per heavy atom. The van der Waals surface area contributed by atoms with Crippen molar-refractivity contribution in [2.24, 2.45) is 7.05 Å². The van der Waals surface area contributed by atoms with E-state index >= 15 is 0 Å². The maximum absolute atomic E-state index is 11.2. The van der Waals surface area contributed by atoms with Crippen molar-refractivity contribution in [1.82, 2.24) is 9.88 Å². The monoisotopic (exact) mass is 181 g/mol. The lowest BCUT2D eigenvalue weighted by Crippen LogP contribution is -2.20. The van der Waals surface area contributed by atoms with E-state index in [2.05, 4.69) is 10.6 Å². The summed E-state index contributed by atoms with van der Waals surface area (Å²) in [6.07, 6.45) is 2.24. The Balaban J connectivity index is 2.95. The molecule has 0 aliphatic heterocycles. The van der Waals surface area contributed by atoms with E-state index in [4.69, 9.17) is 0 Å². The van der Waals surface area contributed by atoms with Crippen molar-refractivity contribution < 1.29 is 9.59 Å². The summed E-state index contributed by atoms with van der Waals surface area (Å²) in [5, 5.41) is 4.97. The molecular weight excluding hydrogens is 170 g/mol. The molecule has 5 nitrogen and oxygen atoms in total. The summed E-state index contributed by atoms with van der Waals surface area (Å²) in [5.41, 5.74) is 1.11. The number of rotatable bonds is 3. The second-order valence-corrected chi connectivity index (χ2v) is 2.57. The van der Waals surface area contributed by atoms with Gasteiger partial charge in [0.2, 0.25) is 6.41 Å². The summed E-state index contributed by atoms with van der Waals surface area (Å²) in [4.78, 5) is 21.3. The molecule has 1 heterocycles. The zero-order valence-corrected chi connectivity index (χ0v) is 7.50. The Kier molecular flexibility index (Phi) is 2.69. The second-order valence-electron chi connectivity index (χ2n) is 2.57. The summed E-state index contributed by atoms with van der Waals surface area (Å²) in [6.45, 7) is 0. The van der Waals surface area contributed by atoms with Crippen LogP contribution in [0.5, 0.6) is 0 Å². The number of anilines is 1. The van der Waals surface area contributed by atoms with Gasteiger partial charge in [-0.05, 0) is 6.07 Å². The highest BCUT2D eigenvalue weighted by Crippen LogP contribution is 2.11. The van der Waals surface area contributed by atoms with Crippen molar-refractivity contribution in [2.45, 2.75) is 0 Å². The molecule has 0 atom stereocenters. The highest BCUT2D eigenvalue weighted by molar-refractivity contribution is 5.94. The fourth-order valence-electron chi connectivity index (χ4n) is 1.07. The number of hydrogen-bond donors (Lipinski definition) is 2. The molecule has 1 aromatic heterocycles. The van der Waals surface area contributed by atoms with E-state index < -0.39 is 0 Å². The third kappa shape index (κ3) is 1.87. The average Bonchev–Trinajstić information content (AvgIpc) is 2.46. The Hall–Kier alpha value is -1.78. The molecule has 0 aliphatic carbocycles. The van der Waals surface area contributed by atoms with E-state index in [0.29, 0.717) is 17.8 Å². The number of nitrogens with zero attached hydrogens (tertiary/aromatic N) is 1. The molecule has 5 heteroatoms. The van der Waals surface area contributed by atoms with Crippen LogP contribution in [0.2, 0.25) is 0 Å². The number of carbonyl (C=O) groups excluding carboxylic acids is 2. The first-order valence-electron chi connectivity index (χ1n) is 3.77. The van der Waals surface area contributed by atoms with Gasteiger partial charge in [0.15, 0.2) is 0 Å². The molecule has 13 heavy (non-hydrogen) atoms. The Morgan fingerprint density at radius 2 is 2.31 bits per heavy atom. The normalized spacial score (nSPS) is 9.38. The highest BCUT2D eigenvalue weighted by Gasteiger charge is 2.08. The molecule has 0 unspecified atom stereocenters. The largest absolute Gasteiger partial charge is 0.354 e. The topological polar surface area (TPSA) is 63.1 Å². The van der Waals surface area contributed by atoms with Gasteiger partial charge in [-0.1, -0.05) is 0 Å². The minimum Gasteiger partial charge on any atom is -0.354 e. The van der Waals surface area contributed by atoms with Gasteiger partial charge in [0.05, 0.1) is 5.69 Å². The average molecular weight is 181 g/mol. The summed E-state index contributed by atoms with van der Waals surface area (Å²) < 4.78 is 1.64. The van der Waals surface area contributed by atoms with Crippen LogP contribution in [0.1, 0.15) is 10.5 Å². The minimum absolute atomic E-state index is 0.179. The third-order valence-electron chi connectivity index (χ3n) is 1.69. The number of amides is 2. The molecular formula is C8H11N3O2. The van der Waals surface area contributed by atoms with Crippen LogP contribution in [-0.4, -0.2) is 23.9 Å². The Morgan fingerprint density at radius 3 is 2.85 bits per heavy atom. The van der Waals surface area contributed by atoms with Crippen LogP contribution in [0.4, 0.5) is 5.69 Å². The molecule has 0 aliphatic rings. The zero-order valence-electron chi connectivity index (χ0n) is 7.50. The molecule has 0 saturated heterocycles. The maximum Gasteiger partial charge on any atom is 0.267 e. The molecule has 1 rings (SSSR count). The van der Waals surface area contributed by atoms with Crippen LogP contribution in [0.3, 0.4) is 0 Å². The van der Waals surface area contributed by atoms with E-state index in [9.17, 15) is 9.59 Å². The molecule has 0 aromatic carbocycles. The van der Waals surface area contributed by atoms with Gasteiger partial charge < -0.3 is 15.2 Å². The standard InChI is InChI=1S/C8H11N3O2/c1-9-8(13)7-3-6(10-5-12)4-11(7)2/h3-5H,1-2H3,(H,9,13)(H,10,12).